The highest BCUT2D eigenvalue weighted by atomic mass is 19.1. The van der Waals surface area contributed by atoms with Crippen LogP contribution in [0.3, 0.4) is 0 Å². The summed E-state index contributed by atoms with van der Waals surface area (Å²) in [4.78, 5) is 20.9. The van der Waals surface area contributed by atoms with Gasteiger partial charge in [-0.05, 0) is 30.3 Å². The van der Waals surface area contributed by atoms with Crippen LogP contribution in [0.2, 0.25) is 0 Å². The third-order valence-electron chi connectivity index (χ3n) is 5.56. The molecular formula is C24H17F2N3O5. The third kappa shape index (κ3) is 3.22. The van der Waals surface area contributed by atoms with Crippen LogP contribution in [-0.4, -0.2) is 39.8 Å². The van der Waals surface area contributed by atoms with E-state index in [0.29, 0.717) is 10.9 Å². The van der Waals surface area contributed by atoms with Crippen molar-refractivity contribution in [3.63, 3.8) is 0 Å². The summed E-state index contributed by atoms with van der Waals surface area (Å²) in [5, 5.41) is 10.8. The highest BCUT2D eigenvalue weighted by molar-refractivity contribution is 6.17. The number of methoxy groups -OCH3 is 2. The van der Waals surface area contributed by atoms with Crippen LogP contribution >= 0.6 is 0 Å². The Kier molecular flexibility index (Phi) is 5.12. The van der Waals surface area contributed by atoms with Crippen LogP contribution in [0, 0.1) is 11.6 Å². The highest BCUT2D eigenvalue weighted by Gasteiger charge is 2.30. The SMILES string of the molecule is COc1ccc(F)c(Cn2c(C(=O)O)c(-c3cccnc3OC)c3c4occc4c(F)cc32)n1. The maximum absolute atomic E-state index is 15.0. The number of fused-ring (bicyclic) bond motifs is 3. The predicted molar refractivity (Wildman–Crippen MR) is 118 cm³/mol. The summed E-state index contributed by atoms with van der Waals surface area (Å²) < 4.78 is 47.0. The largest absolute Gasteiger partial charge is 0.481 e. The van der Waals surface area contributed by atoms with E-state index in [9.17, 15) is 18.7 Å². The summed E-state index contributed by atoms with van der Waals surface area (Å²) in [6, 6.07) is 8.44. The van der Waals surface area contributed by atoms with Gasteiger partial charge in [-0.25, -0.2) is 23.5 Å². The van der Waals surface area contributed by atoms with Gasteiger partial charge in [0.2, 0.25) is 11.8 Å². The Morgan fingerprint density at radius 2 is 1.97 bits per heavy atom. The number of rotatable bonds is 6. The first-order valence-corrected chi connectivity index (χ1v) is 10.1. The second kappa shape index (κ2) is 8.14. The van der Waals surface area contributed by atoms with E-state index in [1.807, 2.05) is 0 Å². The molecule has 10 heteroatoms. The zero-order valence-corrected chi connectivity index (χ0v) is 18.0. The first kappa shape index (κ1) is 21.4. The minimum Gasteiger partial charge on any atom is -0.481 e. The van der Waals surface area contributed by atoms with Gasteiger partial charge >= 0.3 is 5.97 Å². The number of carboxylic acid groups (broad SMARTS) is 1. The summed E-state index contributed by atoms with van der Waals surface area (Å²) in [5.41, 5.74) is 0.584. The summed E-state index contributed by atoms with van der Waals surface area (Å²) in [6.45, 7) is -0.310. The second-order valence-corrected chi connectivity index (χ2v) is 7.37. The molecule has 0 amide bonds. The van der Waals surface area contributed by atoms with E-state index >= 15 is 0 Å². The lowest BCUT2D eigenvalue weighted by molar-refractivity contribution is 0.0687. The molecule has 4 aromatic heterocycles. The van der Waals surface area contributed by atoms with E-state index in [0.717, 1.165) is 0 Å². The molecule has 0 aliphatic carbocycles. The Balaban J connectivity index is 1.93. The van der Waals surface area contributed by atoms with E-state index in [1.165, 1.54) is 55.5 Å². The minimum absolute atomic E-state index is 0.0802. The fourth-order valence-corrected chi connectivity index (χ4v) is 4.14. The Morgan fingerprint density at radius 3 is 2.71 bits per heavy atom. The van der Waals surface area contributed by atoms with Crippen LogP contribution in [0.4, 0.5) is 8.78 Å². The molecule has 0 saturated carbocycles. The van der Waals surface area contributed by atoms with Gasteiger partial charge in [0.25, 0.3) is 0 Å². The smallest absolute Gasteiger partial charge is 0.353 e. The number of hydrogen-bond acceptors (Lipinski definition) is 6. The molecule has 34 heavy (non-hydrogen) atoms. The van der Waals surface area contributed by atoms with Crippen molar-refractivity contribution < 1.29 is 32.6 Å². The molecule has 0 fully saturated rings. The van der Waals surface area contributed by atoms with Gasteiger partial charge in [0.05, 0.1) is 49.0 Å². The van der Waals surface area contributed by atoms with E-state index in [4.69, 9.17) is 13.9 Å². The fourth-order valence-electron chi connectivity index (χ4n) is 4.14. The monoisotopic (exact) mass is 465 g/mol. The van der Waals surface area contributed by atoms with Crippen molar-refractivity contribution in [3.8, 4) is 22.9 Å². The molecule has 4 heterocycles. The normalized spacial score (nSPS) is 11.3. The minimum atomic E-state index is -1.32. The van der Waals surface area contributed by atoms with Gasteiger partial charge in [-0.15, -0.1) is 0 Å². The molecule has 0 atom stereocenters. The standard InChI is InChI=1S/C24H17F2N3O5/c1-32-18-6-5-14(25)16(28-18)11-29-17-10-15(26)12-7-9-34-22(12)20(17)19(21(29)24(30)31)13-4-3-8-27-23(13)33-2/h3-10H,11H2,1-2H3,(H,30,31). The Bertz CT molecular complexity index is 1570. The molecule has 172 valence electrons. The Hall–Kier alpha value is -4.47. The Labute approximate surface area is 191 Å². The third-order valence-corrected chi connectivity index (χ3v) is 5.56. The van der Waals surface area contributed by atoms with Crippen molar-refractivity contribution in [1.29, 1.82) is 0 Å². The van der Waals surface area contributed by atoms with Crippen molar-refractivity contribution in [1.82, 2.24) is 14.5 Å². The topological polar surface area (TPSA) is 99.6 Å². The molecule has 1 aromatic carbocycles. The number of benzene rings is 1. The number of carboxylic acids is 1. The number of aromatic nitrogens is 3. The lowest BCUT2D eigenvalue weighted by Crippen LogP contribution is -2.13. The van der Waals surface area contributed by atoms with Crippen LogP contribution in [-0.2, 0) is 6.54 Å². The molecule has 8 nitrogen and oxygen atoms in total. The first-order chi connectivity index (χ1) is 16.4. The summed E-state index contributed by atoms with van der Waals surface area (Å²) >= 11 is 0. The number of nitrogens with zero attached hydrogens (tertiary/aromatic N) is 3. The summed E-state index contributed by atoms with van der Waals surface area (Å²) in [6.07, 6.45) is 2.82. The van der Waals surface area contributed by atoms with Crippen molar-refractivity contribution >= 4 is 27.8 Å². The van der Waals surface area contributed by atoms with Gasteiger partial charge < -0.3 is 23.6 Å². The molecule has 0 aliphatic heterocycles. The lowest BCUT2D eigenvalue weighted by Gasteiger charge is -2.11. The molecule has 0 spiro atoms. The number of ether oxygens (including phenoxy) is 2. The molecule has 0 aliphatic rings. The number of aromatic carboxylic acids is 1. The molecule has 1 N–H and O–H groups in total. The highest BCUT2D eigenvalue weighted by Crippen LogP contribution is 2.43. The lowest BCUT2D eigenvalue weighted by atomic mass is 10.0. The molecule has 0 saturated heterocycles. The fraction of sp³-hybridized carbons (Fsp3) is 0.125. The van der Waals surface area contributed by atoms with Gasteiger partial charge in [0.1, 0.15) is 22.9 Å². The summed E-state index contributed by atoms with van der Waals surface area (Å²) in [7, 11) is 2.79. The second-order valence-electron chi connectivity index (χ2n) is 7.37. The molecule has 0 radical (unpaired) electrons. The zero-order chi connectivity index (χ0) is 24.0. The number of halogens is 2. The van der Waals surface area contributed by atoms with Crippen molar-refractivity contribution in [2.24, 2.45) is 0 Å². The molecular weight excluding hydrogens is 448 g/mol. The van der Waals surface area contributed by atoms with Crippen molar-refractivity contribution in [2.45, 2.75) is 6.54 Å². The number of carbonyl (C=O) groups is 1. The van der Waals surface area contributed by atoms with E-state index in [1.54, 1.807) is 12.1 Å². The maximum Gasteiger partial charge on any atom is 0.353 e. The molecule has 5 rings (SSSR count). The van der Waals surface area contributed by atoms with Crippen molar-refractivity contribution in [3.05, 3.63) is 71.9 Å². The number of furan rings is 1. The first-order valence-electron chi connectivity index (χ1n) is 10.1. The van der Waals surface area contributed by atoms with Gasteiger partial charge in [0, 0.05) is 23.4 Å². The van der Waals surface area contributed by atoms with Crippen LogP contribution in [0.1, 0.15) is 16.2 Å². The van der Waals surface area contributed by atoms with E-state index in [-0.39, 0.29) is 51.7 Å². The summed E-state index contributed by atoms with van der Waals surface area (Å²) in [5.74, 6) is -2.28. The van der Waals surface area contributed by atoms with E-state index < -0.39 is 17.6 Å². The van der Waals surface area contributed by atoms with Gasteiger partial charge in [-0.3, -0.25) is 0 Å². The molecule has 0 unspecified atom stereocenters. The van der Waals surface area contributed by atoms with Crippen LogP contribution < -0.4 is 9.47 Å². The maximum atomic E-state index is 15.0. The Morgan fingerprint density at radius 1 is 1.15 bits per heavy atom. The average Bonchev–Trinajstić information content (AvgIpc) is 3.44. The number of hydrogen-bond donors (Lipinski definition) is 1. The van der Waals surface area contributed by atoms with Crippen LogP contribution in [0.5, 0.6) is 11.8 Å². The predicted octanol–water partition coefficient (Wildman–Crippen LogP) is 4.89. The average molecular weight is 465 g/mol. The van der Waals surface area contributed by atoms with Crippen LogP contribution in [0.25, 0.3) is 33.0 Å². The van der Waals surface area contributed by atoms with Gasteiger partial charge in [0.15, 0.2) is 0 Å². The molecule has 5 aromatic rings. The number of pyridine rings is 2. The van der Waals surface area contributed by atoms with Gasteiger partial charge in [-0.2, -0.15) is 0 Å². The quantitative estimate of drug-likeness (QED) is 0.381. The van der Waals surface area contributed by atoms with Crippen LogP contribution in [0.15, 0.2) is 53.3 Å². The van der Waals surface area contributed by atoms with Gasteiger partial charge in [-0.1, -0.05) is 0 Å². The van der Waals surface area contributed by atoms with E-state index in [2.05, 4.69) is 9.97 Å². The van der Waals surface area contributed by atoms with Crippen molar-refractivity contribution in [2.75, 3.05) is 14.2 Å². The zero-order valence-electron chi connectivity index (χ0n) is 18.0. The molecule has 0 bridgehead atoms.